The average Bonchev–Trinajstić information content (AvgIpc) is 3.45. The van der Waals surface area contributed by atoms with Gasteiger partial charge in [0, 0.05) is 19.3 Å². The highest BCUT2D eigenvalue weighted by atomic mass is 16.6. The molecule has 0 bridgehead atoms. The fourth-order valence-electron chi connectivity index (χ4n) is 9.54. The molecule has 454 valence electrons. The zero-order chi connectivity index (χ0) is 57.1. The van der Waals surface area contributed by atoms with Crippen LogP contribution in [0.4, 0.5) is 0 Å². The summed E-state index contributed by atoms with van der Waals surface area (Å²) in [7, 11) is 0. The van der Waals surface area contributed by atoms with E-state index in [1.54, 1.807) is 0 Å². The molecule has 0 aromatic rings. The number of carbonyl (C=O) groups excluding carboxylic acids is 3. The molecule has 1 unspecified atom stereocenters. The molecular formula is C73H126O6. The molecule has 0 fully saturated rings. The van der Waals surface area contributed by atoms with Crippen molar-refractivity contribution in [3.63, 3.8) is 0 Å². The van der Waals surface area contributed by atoms with Crippen molar-refractivity contribution in [2.45, 2.75) is 335 Å². The molecule has 0 saturated carbocycles. The second-order valence-electron chi connectivity index (χ2n) is 22.4. The van der Waals surface area contributed by atoms with Gasteiger partial charge in [0.1, 0.15) is 13.2 Å². The molecule has 0 N–H and O–H groups in total. The number of allylic oxidation sites excluding steroid dienone is 16. The number of hydrogen-bond acceptors (Lipinski definition) is 6. The summed E-state index contributed by atoms with van der Waals surface area (Å²) in [6.45, 7) is 6.54. The molecule has 6 nitrogen and oxygen atoms in total. The Balaban J connectivity index is 4.43. The molecule has 0 aliphatic rings. The topological polar surface area (TPSA) is 78.9 Å². The summed E-state index contributed by atoms with van der Waals surface area (Å²) in [6, 6.07) is 0. The molecule has 0 saturated heterocycles. The van der Waals surface area contributed by atoms with E-state index < -0.39 is 6.10 Å². The van der Waals surface area contributed by atoms with Crippen molar-refractivity contribution in [3.05, 3.63) is 97.2 Å². The Labute approximate surface area is 489 Å². The van der Waals surface area contributed by atoms with Crippen LogP contribution in [-0.2, 0) is 28.6 Å². The van der Waals surface area contributed by atoms with Crippen molar-refractivity contribution in [3.8, 4) is 0 Å². The molecule has 0 heterocycles. The normalized spacial score (nSPS) is 12.7. The maximum Gasteiger partial charge on any atom is 0.306 e. The number of ether oxygens (including phenoxy) is 3. The summed E-state index contributed by atoms with van der Waals surface area (Å²) >= 11 is 0. The molecule has 0 aliphatic heterocycles. The van der Waals surface area contributed by atoms with E-state index in [0.717, 1.165) is 109 Å². The van der Waals surface area contributed by atoms with Crippen molar-refractivity contribution in [1.82, 2.24) is 0 Å². The van der Waals surface area contributed by atoms with Crippen molar-refractivity contribution < 1.29 is 28.6 Å². The Morgan fingerprint density at radius 1 is 0.266 bits per heavy atom. The van der Waals surface area contributed by atoms with Gasteiger partial charge in [0.05, 0.1) is 0 Å². The molecule has 0 rings (SSSR count). The van der Waals surface area contributed by atoms with Crippen LogP contribution in [0.25, 0.3) is 0 Å². The van der Waals surface area contributed by atoms with Gasteiger partial charge in [0.25, 0.3) is 0 Å². The summed E-state index contributed by atoms with van der Waals surface area (Å²) in [5.41, 5.74) is 0. The first-order valence-corrected chi connectivity index (χ1v) is 33.7. The quantitative estimate of drug-likeness (QED) is 0.0261. The molecule has 0 spiro atoms. The first-order valence-electron chi connectivity index (χ1n) is 33.7. The van der Waals surface area contributed by atoms with Crippen molar-refractivity contribution in [2.75, 3.05) is 13.2 Å². The SMILES string of the molecule is CC/C=C\C/C=C\C/C=C\C/C=C\C/C=C\C/C=C\C/C=C\CCCCCC(=O)OCC(COC(=O)CCCCCCCCCCCCCCCCCCC)OC(=O)CCCCCCCCCCC/C=C\CCCCCCCC. The molecule has 0 amide bonds. The molecule has 6 heteroatoms. The van der Waals surface area contributed by atoms with Gasteiger partial charge in [-0.1, -0.05) is 304 Å². The summed E-state index contributed by atoms with van der Waals surface area (Å²) in [5, 5.41) is 0. The van der Waals surface area contributed by atoms with Crippen LogP contribution in [0.15, 0.2) is 97.2 Å². The Bertz CT molecular complexity index is 1540. The van der Waals surface area contributed by atoms with E-state index in [0.29, 0.717) is 19.3 Å². The minimum atomic E-state index is -0.793. The number of carbonyl (C=O) groups is 3. The highest BCUT2D eigenvalue weighted by molar-refractivity contribution is 5.71. The van der Waals surface area contributed by atoms with E-state index in [4.69, 9.17) is 14.2 Å². The minimum Gasteiger partial charge on any atom is -0.462 e. The minimum absolute atomic E-state index is 0.0861. The van der Waals surface area contributed by atoms with Crippen LogP contribution in [0, 0.1) is 0 Å². The highest BCUT2D eigenvalue weighted by Crippen LogP contribution is 2.17. The van der Waals surface area contributed by atoms with E-state index >= 15 is 0 Å². The number of hydrogen-bond donors (Lipinski definition) is 0. The largest absolute Gasteiger partial charge is 0.462 e. The Morgan fingerprint density at radius 3 is 0.797 bits per heavy atom. The third-order valence-corrected chi connectivity index (χ3v) is 14.6. The lowest BCUT2D eigenvalue weighted by Gasteiger charge is -2.18. The fraction of sp³-hybridized carbons (Fsp3) is 0.740. The van der Waals surface area contributed by atoms with Crippen LogP contribution in [0.1, 0.15) is 329 Å². The van der Waals surface area contributed by atoms with E-state index in [1.807, 2.05) is 0 Å². The Hall–Kier alpha value is -3.67. The van der Waals surface area contributed by atoms with Crippen LogP contribution in [0.3, 0.4) is 0 Å². The van der Waals surface area contributed by atoms with Gasteiger partial charge in [-0.15, -0.1) is 0 Å². The van der Waals surface area contributed by atoms with Gasteiger partial charge in [0.15, 0.2) is 6.10 Å². The predicted octanol–water partition coefficient (Wildman–Crippen LogP) is 23.2. The van der Waals surface area contributed by atoms with Crippen LogP contribution >= 0.6 is 0 Å². The van der Waals surface area contributed by atoms with E-state index in [-0.39, 0.29) is 31.1 Å². The molecule has 0 aromatic heterocycles. The van der Waals surface area contributed by atoms with Crippen LogP contribution < -0.4 is 0 Å². The first-order chi connectivity index (χ1) is 39.0. The van der Waals surface area contributed by atoms with Gasteiger partial charge >= 0.3 is 17.9 Å². The van der Waals surface area contributed by atoms with Gasteiger partial charge in [-0.05, 0) is 103 Å². The molecular weight excluding hydrogens is 973 g/mol. The third kappa shape index (κ3) is 65.0. The van der Waals surface area contributed by atoms with Gasteiger partial charge < -0.3 is 14.2 Å². The lowest BCUT2D eigenvalue weighted by molar-refractivity contribution is -0.167. The summed E-state index contributed by atoms with van der Waals surface area (Å²) in [5.74, 6) is -0.907. The summed E-state index contributed by atoms with van der Waals surface area (Å²) in [6.07, 6.45) is 89.8. The average molecular weight is 1100 g/mol. The number of unbranched alkanes of at least 4 members (excludes halogenated alkanes) is 34. The first kappa shape index (κ1) is 75.3. The van der Waals surface area contributed by atoms with Gasteiger partial charge in [0.2, 0.25) is 0 Å². The zero-order valence-corrected chi connectivity index (χ0v) is 52.1. The molecule has 1 atom stereocenters. The standard InChI is InChI=1S/C73H126O6/c1-4-7-10-13-16-19-22-25-28-31-33-34-35-36-37-38-40-42-45-48-51-54-57-60-63-66-72(75)78-69-70(68-77-71(74)65-62-59-56-53-50-47-44-41-30-27-24-21-18-15-12-9-6-3)79-73(76)67-64-61-58-55-52-49-46-43-39-32-29-26-23-20-17-14-11-8-5-2/h7,10,16,19,25-26,28-29,33-34,36-37,40,42,48,51,70H,4-6,8-9,11-15,17-18,20-24,27,30-32,35,38-39,41,43-47,49-50,52-69H2,1-3H3/b10-7-,19-16-,28-25-,29-26-,34-33-,37-36-,42-40-,51-48-. The number of rotatable bonds is 61. The van der Waals surface area contributed by atoms with Crippen LogP contribution in [0.2, 0.25) is 0 Å². The van der Waals surface area contributed by atoms with Gasteiger partial charge in [-0.25, -0.2) is 0 Å². The maximum atomic E-state index is 12.9. The number of esters is 3. The monoisotopic (exact) mass is 1100 g/mol. The third-order valence-electron chi connectivity index (χ3n) is 14.6. The van der Waals surface area contributed by atoms with Crippen molar-refractivity contribution >= 4 is 17.9 Å². The molecule has 0 radical (unpaired) electrons. The smallest absolute Gasteiger partial charge is 0.306 e. The zero-order valence-electron chi connectivity index (χ0n) is 52.1. The predicted molar refractivity (Wildman–Crippen MR) is 344 cm³/mol. The van der Waals surface area contributed by atoms with Crippen LogP contribution in [0.5, 0.6) is 0 Å². The molecule has 0 aliphatic carbocycles. The van der Waals surface area contributed by atoms with Gasteiger partial charge in [-0.3, -0.25) is 14.4 Å². The summed E-state index contributed by atoms with van der Waals surface area (Å²) in [4.78, 5) is 38.4. The molecule has 0 aromatic carbocycles. The van der Waals surface area contributed by atoms with E-state index in [1.165, 1.54) is 180 Å². The lowest BCUT2D eigenvalue weighted by atomic mass is 10.0. The highest BCUT2D eigenvalue weighted by Gasteiger charge is 2.19. The fourth-order valence-corrected chi connectivity index (χ4v) is 9.54. The Morgan fingerprint density at radius 2 is 0.494 bits per heavy atom. The maximum absolute atomic E-state index is 12.9. The second-order valence-corrected chi connectivity index (χ2v) is 22.4. The van der Waals surface area contributed by atoms with E-state index in [9.17, 15) is 14.4 Å². The second kappa shape index (κ2) is 66.8. The van der Waals surface area contributed by atoms with Crippen molar-refractivity contribution in [2.24, 2.45) is 0 Å². The van der Waals surface area contributed by atoms with E-state index in [2.05, 4.69) is 118 Å². The lowest BCUT2D eigenvalue weighted by Crippen LogP contribution is -2.30. The summed E-state index contributed by atoms with van der Waals surface area (Å²) < 4.78 is 17.0. The van der Waals surface area contributed by atoms with Gasteiger partial charge in [-0.2, -0.15) is 0 Å². The Kier molecular flexibility index (Phi) is 63.7. The van der Waals surface area contributed by atoms with Crippen molar-refractivity contribution in [1.29, 1.82) is 0 Å². The van der Waals surface area contributed by atoms with Crippen LogP contribution in [-0.4, -0.2) is 37.2 Å². The molecule has 79 heavy (non-hydrogen) atoms.